The summed E-state index contributed by atoms with van der Waals surface area (Å²) in [6.07, 6.45) is 3.23. The van der Waals surface area contributed by atoms with Crippen LogP contribution in [0.1, 0.15) is 39.3 Å². The van der Waals surface area contributed by atoms with Crippen LogP contribution in [0.3, 0.4) is 0 Å². The van der Waals surface area contributed by atoms with Crippen molar-refractivity contribution in [3.8, 4) is 11.8 Å². The van der Waals surface area contributed by atoms with Crippen LogP contribution < -0.4 is 19.9 Å². The number of nitrogens with one attached hydrogen (secondary N) is 1. The lowest BCUT2D eigenvalue weighted by Crippen LogP contribution is -2.59. The zero-order valence-corrected chi connectivity index (χ0v) is 25.2. The number of benzene rings is 1. The number of likely N-dealkylation sites (N-methyl/N-ethyl adjacent to an activating group) is 1. The Kier molecular flexibility index (Phi) is 7.54. The van der Waals surface area contributed by atoms with Crippen molar-refractivity contribution in [2.24, 2.45) is 0 Å². The highest BCUT2D eigenvalue weighted by atomic mass is 16.6. The molecule has 0 saturated carbocycles. The number of nitriles is 1. The third-order valence-electron chi connectivity index (χ3n) is 8.37. The van der Waals surface area contributed by atoms with Gasteiger partial charge in [-0.15, -0.1) is 0 Å². The number of amides is 3. The Labute approximate surface area is 251 Å². The zero-order valence-electron chi connectivity index (χ0n) is 25.2. The van der Waals surface area contributed by atoms with Crippen molar-refractivity contribution < 1.29 is 19.1 Å². The SMILES string of the molecule is CN1CCN([C@@H]2CCCN(c3cnc(C#N)c(Nc4ccc5c(c4)OC[C@H]4CN(C(=O)OC(C)(C)C)CCN54)n3)C2)C1=O. The Balaban J connectivity index is 1.15. The summed E-state index contributed by atoms with van der Waals surface area (Å²) < 4.78 is 11.7. The summed E-state index contributed by atoms with van der Waals surface area (Å²) in [6, 6.07) is 8.21. The number of anilines is 4. The van der Waals surface area contributed by atoms with Crippen LogP contribution in [0.25, 0.3) is 0 Å². The van der Waals surface area contributed by atoms with E-state index in [-0.39, 0.29) is 29.9 Å². The molecule has 3 fully saturated rings. The van der Waals surface area contributed by atoms with Crippen LogP contribution in [-0.2, 0) is 4.74 Å². The minimum absolute atomic E-state index is 0.0324. The van der Waals surface area contributed by atoms with Crippen molar-refractivity contribution in [2.45, 2.75) is 51.3 Å². The number of ether oxygens (including phenoxy) is 2. The maximum absolute atomic E-state index is 12.6. The van der Waals surface area contributed by atoms with Crippen molar-refractivity contribution >= 4 is 35.1 Å². The van der Waals surface area contributed by atoms with E-state index in [1.54, 1.807) is 16.0 Å². The van der Waals surface area contributed by atoms with Gasteiger partial charge in [0.05, 0.1) is 24.0 Å². The van der Waals surface area contributed by atoms with E-state index < -0.39 is 5.60 Å². The predicted molar refractivity (Wildman–Crippen MR) is 161 cm³/mol. The molecule has 0 bridgehead atoms. The van der Waals surface area contributed by atoms with Crippen molar-refractivity contribution in [3.63, 3.8) is 0 Å². The van der Waals surface area contributed by atoms with Crippen LogP contribution >= 0.6 is 0 Å². The molecule has 4 aliphatic rings. The fourth-order valence-electron chi connectivity index (χ4n) is 6.20. The molecule has 13 heteroatoms. The standard InChI is InChI=1S/C30H39N9O4/c1-30(2,3)43-29(41)37-11-13-38-22(18-37)19-42-25-14-20(7-8-24(25)38)33-27-23(15-31)32-16-26(34-27)36-9-5-6-21(17-36)39-12-10-35(4)28(39)40/h7-8,14,16,21-22H,5-6,9-13,17-19H2,1-4H3,(H,33,34)/t21-,22-/m1/s1. The third-order valence-corrected chi connectivity index (χ3v) is 8.37. The van der Waals surface area contributed by atoms with E-state index in [2.05, 4.69) is 26.2 Å². The predicted octanol–water partition coefficient (Wildman–Crippen LogP) is 3.25. The molecule has 2 atom stereocenters. The van der Waals surface area contributed by atoms with Gasteiger partial charge in [-0.05, 0) is 45.7 Å². The number of piperazine rings is 1. The minimum Gasteiger partial charge on any atom is -0.489 e. The molecule has 43 heavy (non-hydrogen) atoms. The lowest BCUT2D eigenvalue weighted by molar-refractivity contribution is 0.0195. The number of rotatable bonds is 4. The smallest absolute Gasteiger partial charge is 0.410 e. The van der Waals surface area contributed by atoms with Crippen molar-refractivity contribution in [1.82, 2.24) is 24.7 Å². The number of urea groups is 1. The fraction of sp³-hybridized carbons (Fsp3) is 0.567. The largest absolute Gasteiger partial charge is 0.489 e. The van der Waals surface area contributed by atoms with E-state index in [1.807, 2.05) is 50.9 Å². The second-order valence-electron chi connectivity index (χ2n) is 12.6. The van der Waals surface area contributed by atoms with Gasteiger partial charge in [-0.3, -0.25) is 0 Å². The summed E-state index contributed by atoms with van der Waals surface area (Å²) in [5, 5.41) is 13.0. The summed E-state index contributed by atoms with van der Waals surface area (Å²) in [6.45, 7) is 10.8. The first-order valence-electron chi connectivity index (χ1n) is 14.9. The van der Waals surface area contributed by atoms with Gasteiger partial charge in [0.1, 0.15) is 29.8 Å². The number of piperidine rings is 1. The van der Waals surface area contributed by atoms with Crippen LogP contribution in [0.5, 0.6) is 5.75 Å². The Morgan fingerprint density at radius 3 is 2.67 bits per heavy atom. The first-order valence-corrected chi connectivity index (χ1v) is 14.9. The van der Waals surface area contributed by atoms with Crippen LogP contribution in [0, 0.1) is 11.3 Å². The molecule has 0 aliphatic carbocycles. The van der Waals surface area contributed by atoms with E-state index in [9.17, 15) is 14.9 Å². The number of carbonyl (C=O) groups is 2. The fourth-order valence-corrected chi connectivity index (χ4v) is 6.20. The molecule has 3 amide bonds. The molecule has 1 aromatic carbocycles. The molecule has 3 saturated heterocycles. The quantitative estimate of drug-likeness (QED) is 0.567. The number of carbonyl (C=O) groups excluding carboxylic acids is 2. The first kappa shape index (κ1) is 28.6. The maximum atomic E-state index is 12.6. The zero-order chi connectivity index (χ0) is 30.3. The molecule has 0 radical (unpaired) electrons. The second-order valence-corrected chi connectivity index (χ2v) is 12.6. The molecule has 5 heterocycles. The highest BCUT2D eigenvalue weighted by Crippen LogP contribution is 2.38. The number of hydrogen-bond donors (Lipinski definition) is 1. The van der Waals surface area contributed by atoms with E-state index in [0.29, 0.717) is 44.4 Å². The van der Waals surface area contributed by atoms with E-state index in [0.717, 1.165) is 49.6 Å². The van der Waals surface area contributed by atoms with Crippen molar-refractivity contribution in [1.29, 1.82) is 5.26 Å². The van der Waals surface area contributed by atoms with E-state index >= 15 is 0 Å². The minimum atomic E-state index is -0.538. The van der Waals surface area contributed by atoms with Gasteiger partial charge in [-0.2, -0.15) is 5.26 Å². The summed E-state index contributed by atoms with van der Waals surface area (Å²) in [4.78, 5) is 44.3. The molecule has 6 rings (SSSR count). The normalized spacial score (nSPS) is 22.0. The monoisotopic (exact) mass is 589 g/mol. The average molecular weight is 590 g/mol. The summed E-state index contributed by atoms with van der Waals surface area (Å²) >= 11 is 0. The summed E-state index contributed by atoms with van der Waals surface area (Å²) in [7, 11) is 1.84. The van der Waals surface area contributed by atoms with Gasteiger partial charge in [0.25, 0.3) is 0 Å². The lowest BCUT2D eigenvalue weighted by atomic mass is 10.0. The van der Waals surface area contributed by atoms with Crippen LogP contribution in [0.4, 0.5) is 32.6 Å². The Morgan fingerprint density at radius 1 is 1.12 bits per heavy atom. The Hall–Kier alpha value is -4.47. The van der Waals surface area contributed by atoms with Gasteiger partial charge in [-0.1, -0.05) is 0 Å². The summed E-state index contributed by atoms with van der Waals surface area (Å²) in [5.41, 5.74) is 1.36. The second kappa shape index (κ2) is 11.3. The van der Waals surface area contributed by atoms with Gasteiger partial charge in [-0.25, -0.2) is 19.6 Å². The van der Waals surface area contributed by atoms with Crippen LogP contribution in [0.2, 0.25) is 0 Å². The lowest BCUT2D eigenvalue weighted by Gasteiger charge is -2.45. The van der Waals surface area contributed by atoms with Gasteiger partial charge >= 0.3 is 12.1 Å². The Morgan fingerprint density at radius 2 is 1.93 bits per heavy atom. The molecule has 4 aliphatic heterocycles. The summed E-state index contributed by atoms with van der Waals surface area (Å²) in [5.74, 6) is 1.78. The highest BCUT2D eigenvalue weighted by Gasteiger charge is 2.37. The van der Waals surface area contributed by atoms with Crippen LogP contribution in [0.15, 0.2) is 24.4 Å². The molecule has 0 spiro atoms. The first-order chi connectivity index (χ1) is 20.6. The average Bonchev–Trinajstić information content (AvgIpc) is 3.33. The van der Waals surface area contributed by atoms with E-state index in [4.69, 9.17) is 14.5 Å². The van der Waals surface area contributed by atoms with Gasteiger partial charge in [0.2, 0.25) is 0 Å². The highest BCUT2D eigenvalue weighted by molar-refractivity contribution is 5.77. The Bertz CT molecular complexity index is 1440. The molecular formula is C30H39N9O4. The van der Waals surface area contributed by atoms with Gasteiger partial charge < -0.3 is 39.3 Å². The number of aromatic nitrogens is 2. The van der Waals surface area contributed by atoms with Crippen molar-refractivity contribution in [3.05, 3.63) is 30.1 Å². The van der Waals surface area contributed by atoms with Gasteiger partial charge in [0.15, 0.2) is 11.5 Å². The maximum Gasteiger partial charge on any atom is 0.410 e. The topological polar surface area (TPSA) is 130 Å². The molecule has 1 aromatic heterocycles. The molecule has 228 valence electrons. The number of hydrogen-bond acceptors (Lipinski definition) is 10. The molecule has 13 nitrogen and oxygen atoms in total. The van der Waals surface area contributed by atoms with Crippen LogP contribution in [-0.4, -0.2) is 114 Å². The van der Waals surface area contributed by atoms with Crippen molar-refractivity contribution in [2.75, 3.05) is 74.6 Å². The molecular weight excluding hydrogens is 550 g/mol. The number of fused-ring (bicyclic) bond motifs is 3. The number of nitrogens with zero attached hydrogens (tertiary/aromatic N) is 8. The van der Waals surface area contributed by atoms with E-state index in [1.165, 1.54) is 0 Å². The molecule has 1 N–H and O–H groups in total. The third kappa shape index (κ3) is 5.91. The molecule has 2 aromatic rings. The molecule has 0 unspecified atom stereocenters. The van der Waals surface area contributed by atoms with Gasteiger partial charge in [0, 0.05) is 64.6 Å².